The van der Waals surface area contributed by atoms with Crippen LogP contribution < -0.4 is 10.0 Å². The quantitative estimate of drug-likeness (QED) is 0.447. The van der Waals surface area contributed by atoms with Gasteiger partial charge in [-0.2, -0.15) is 4.31 Å². The van der Waals surface area contributed by atoms with Gasteiger partial charge in [-0.1, -0.05) is 17.7 Å². The smallest absolute Gasteiger partial charge is 0.263 e. The lowest BCUT2D eigenvalue weighted by atomic mass is 10.1. The zero-order valence-corrected chi connectivity index (χ0v) is 22.6. The average Bonchev–Trinajstić information content (AvgIpc) is 2.84. The molecule has 0 radical (unpaired) electrons. The molecular weight excluding hydrogens is 538 g/mol. The maximum Gasteiger partial charge on any atom is 0.263 e. The predicted molar refractivity (Wildman–Crippen MR) is 142 cm³/mol. The molecule has 3 aromatic rings. The first kappa shape index (κ1) is 27.1. The number of carbonyl (C=O) groups is 1. The molecule has 12 heteroatoms. The minimum atomic E-state index is -4.08. The monoisotopic (exact) mass is 563 g/mol. The second kappa shape index (κ2) is 10.8. The van der Waals surface area contributed by atoms with Gasteiger partial charge in [0, 0.05) is 30.0 Å². The molecule has 4 rings (SSSR count). The summed E-state index contributed by atoms with van der Waals surface area (Å²) < 4.78 is 60.7. The lowest BCUT2D eigenvalue weighted by molar-refractivity contribution is 0.0730. The van der Waals surface area contributed by atoms with Crippen molar-refractivity contribution in [1.29, 1.82) is 0 Å². The highest BCUT2D eigenvalue weighted by Crippen LogP contribution is 2.27. The van der Waals surface area contributed by atoms with Crippen LogP contribution in [-0.2, 0) is 24.8 Å². The Labute approximate surface area is 221 Å². The van der Waals surface area contributed by atoms with Crippen molar-refractivity contribution in [3.05, 3.63) is 82.4 Å². The third-order valence-electron chi connectivity index (χ3n) is 5.68. The number of aryl methyl sites for hydroxylation is 2. The van der Waals surface area contributed by atoms with Crippen molar-refractivity contribution in [3.8, 4) is 0 Å². The number of nitrogens with zero attached hydrogens (tertiary/aromatic N) is 1. The molecule has 3 aromatic carbocycles. The van der Waals surface area contributed by atoms with Crippen LogP contribution in [0.1, 0.15) is 21.5 Å². The number of halogens is 1. The van der Waals surface area contributed by atoms with E-state index in [1.54, 1.807) is 12.1 Å². The number of sulfonamides is 2. The molecule has 2 N–H and O–H groups in total. The van der Waals surface area contributed by atoms with E-state index >= 15 is 0 Å². The summed E-state index contributed by atoms with van der Waals surface area (Å²) in [4.78, 5) is 12.7. The molecule has 1 aliphatic heterocycles. The summed E-state index contributed by atoms with van der Waals surface area (Å²) in [5.74, 6) is -0.580. The van der Waals surface area contributed by atoms with E-state index in [1.165, 1.54) is 46.8 Å². The number of rotatable bonds is 7. The highest BCUT2D eigenvalue weighted by molar-refractivity contribution is 7.92. The van der Waals surface area contributed by atoms with Crippen molar-refractivity contribution in [2.75, 3.05) is 36.3 Å². The molecule has 9 nitrogen and oxygen atoms in total. The van der Waals surface area contributed by atoms with Crippen molar-refractivity contribution in [1.82, 2.24) is 4.31 Å². The second-order valence-corrected chi connectivity index (χ2v) is 12.6. The van der Waals surface area contributed by atoms with Gasteiger partial charge >= 0.3 is 0 Å². The largest absolute Gasteiger partial charge is 0.379 e. The van der Waals surface area contributed by atoms with Crippen LogP contribution in [0.25, 0.3) is 0 Å². The van der Waals surface area contributed by atoms with Gasteiger partial charge < -0.3 is 10.1 Å². The number of ether oxygens (including phenoxy) is 1. The predicted octanol–water partition coefficient (Wildman–Crippen LogP) is 4.03. The van der Waals surface area contributed by atoms with Crippen LogP contribution in [0.15, 0.2) is 70.5 Å². The first-order valence-corrected chi connectivity index (χ1v) is 14.7. The number of amides is 1. The molecule has 0 bridgehead atoms. The lowest BCUT2D eigenvalue weighted by Crippen LogP contribution is -2.40. The van der Waals surface area contributed by atoms with Crippen LogP contribution in [0.4, 0.5) is 11.4 Å². The average molecular weight is 564 g/mol. The summed E-state index contributed by atoms with van der Waals surface area (Å²) in [5.41, 5.74) is 2.57. The summed E-state index contributed by atoms with van der Waals surface area (Å²) in [6.45, 7) is 4.95. The minimum Gasteiger partial charge on any atom is -0.379 e. The van der Waals surface area contributed by atoms with Crippen LogP contribution in [0.3, 0.4) is 0 Å². The number of nitrogens with one attached hydrogen (secondary N) is 2. The summed E-state index contributed by atoms with van der Waals surface area (Å²) in [5, 5.41) is 2.62. The third kappa shape index (κ3) is 6.31. The van der Waals surface area contributed by atoms with Crippen molar-refractivity contribution < 1.29 is 26.4 Å². The van der Waals surface area contributed by atoms with E-state index in [9.17, 15) is 21.6 Å². The fourth-order valence-corrected chi connectivity index (χ4v) is 6.92. The van der Waals surface area contributed by atoms with Crippen molar-refractivity contribution in [3.63, 3.8) is 0 Å². The third-order valence-corrected chi connectivity index (χ3v) is 9.45. The van der Waals surface area contributed by atoms with Gasteiger partial charge in [-0.15, -0.1) is 0 Å². The summed E-state index contributed by atoms with van der Waals surface area (Å²) in [7, 11) is -7.75. The second-order valence-electron chi connectivity index (χ2n) is 8.62. The fourth-order valence-electron chi connectivity index (χ4n) is 3.94. The Morgan fingerprint density at radius 3 is 2.11 bits per heavy atom. The van der Waals surface area contributed by atoms with E-state index in [4.69, 9.17) is 16.3 Å². The van der Waals surface area contributed by atoms with E-state index < -0.39 is 26.0 Å². The van der Waals surface area contributed by atoms with Gasteiger partial charge in [-0.25, -0.2) is 16.8 Å². The van der Waals surface area contributed by atoms with Gasteiger partial charge in [0.05, 0.1) is 23.1 Å². The van der Waals surface area contributed by atoms with E-state index in [-0.39, 0.29) is 33.5 Å². The van der Waals surface area contributed by atoms with Gasteiger partial charge in [0.15, 0.2) is 0 Å². The minimum absolute atomic E-state index is 0.0360. The fraction of sp³-hybridized carbons (Fsp3) is 0.240. The van der Waals surface area contributed by atoms with Crippen molar-refractivity contribution >= 4 is 48.9 Å². The Balaban J connectivity index is 1.51. The summed E-state index contributed by atoms with van der Waals surface area (Å²) in [6, 6.07) is 15.0. The van der Waals surface area contributed by atoms with Gasteiger partial charge in [-0.3, -0.25) is 9.52 Å². The maximum absolute atomic E-state index is 13.0. The van der Waals surface area contributed by atoms with E-state index in [1.807, 2.05) is 19.9 Å². The first-order chi connectivity index (χ1) is 17.5. The molecule has 1 heterocycles. The molecular formula is C25H26ClN3O6S2. The van der Waals surface area contributed by atoms with Crippen LogP contribution in [0, 0.1) is 13.8 Å². The summed E-state index contributed by atoms with van der Waals surface area (Å²) in [6.07, 6.45) is 0. The molecule has 0 aliphatic carbocycles. The number of anilines is 2. The van der Waals surface area contributed by atoms with Gasteiger partial charge in [0.2, 0.25) is 10.0 Å². The number of hydrogen-bond acceptors (Lipinski definition) is 6. The van der Waals surface area contributed by atoms with Gasteiger partial charge in [0.25, 0.3) is 15.9 Å². The highest BCUT2D eigenvalue weighted by atomic mass is 35.5. The molecule has 0 saturated carbocycles. The SMILES string of the molecule is Cc1cc(C)cc(NS(=O)(=O)c2cc(C(=O)Nc3ccc(S(=O)(=O)N4CCOCC4)cc3)ccc2Cl)c1. The molecule has 196 valence electrons. The molecule has 1 aliphatic rings. The Morgan fingerprint density at radius 1 is 0.865 bits per heavy atom. The van der Waals surface area contributed by atoms with E-state index in [0.29, 0.717) is 24.6 Å². The number of morpholine rings is 1. The number of benzene rings is 3. The normalized spacial score (nSPS) is 14.8. The van der Waals surface area contributed by atoms with Gasteiger partial charge in [-0.05, 0) is 79.6 Å². The summed E-state index contributed by atoms with van der Waals surface area (Å²) >= 11 is 6.18. The number of hydrogen-bond donors (Lipinski definition) is 2. The van der Waals surface area contributed by atoms with Crippen molar-refractivity contribution in [2.45, 2.75) is 23.6 Å². The first-order valence-electron chi connectivity index (χ1n) is 11.4. The zero-order valence-electron chi connectivity index (χ0n) is 20.2. The molecule has 1 fully saturated rings. The highest BCUT2D eigenvalue weighted by Gasteiger charge is 2.26. The van der Waals surface area contributed by atoms with Crippen molar-refractivity contribution in [2.24, 2.45) is 0 Å². The zero-order chi connectivity index (χ0) is 26.8. The lowest BCUT2D eigenvalue weighted by Gasteiger charge is -2.26. The maximum atomic E-state index is 13.0. The Bertz CT molecular complexity index is 1510. The Kier molecular flexibility index (Phi) is 7.91. The van der Waals surface area contributed by atoms with Gasteiger partial charge in [0.1, 0.15) is 4.90 Å². The van der Waals surface area contributed by atoms with Crippen LogP contribution in [0.5, 0.6) is 0 Å². The molecule has 0 spiro atoms. The Morgan fingerprint density at radius 2 is 1.49 bits per heavy atom. The topological polar surface area (TPSA) is 122 Å². The molecule has 1 saturated heterocycles. The van der Waals surface area contributed by atoms with Crippen LogP contribution >= 0.6 is 11.6 Å². The van der Waals surface area contributed by atoms with E-state index in [0.717, 1.165) is 11.1 Å². The van der Waals surface area contributed by atoms with E-state index in [2.05, 4.69) is 10.0 Å². The van der Waals surface area contributed by atoms with Crippen LogP contribution in [0.2, 0.25) is 5.02 Å². The molecule has 0 unspecified atom stereocenters. The molecule has 0 aromatic heterocycles. The Hall–Kier alpha value is -2.96. The standard InChI is InChI=1S/C25H26ClN3O6S2/c1-17-13-18(2)15-21(14-17)28-36(31,32)24-16-19(3-8-23(24)26)25(30)27-20-4-6-22(7-5-20)37(33,34)29-9-11-35-12-10-29/h3-8,13-16,28H,9-12H2,1-2H3,(H,27,30). The molecule has 1 amide bonds. The molecule has 0 atom stereocenters. The molecule has 37 heavy (non-hydrogen) atoms. The van der Waals surface area contributed by atoms with Crippen LogP contribution in [-0.4, -0.2) is 53.4 Å². The number of carbonyl (C=O) groups excluding carboxylic acids is 1.